The van der Waals surface area contributed by atoms with Gasteiger partial charge in [0, 0.05) is 33.7 Å². The lowest BCUT2D eigenvalue weighted by Crippen LogP contribution is -2.24. The molecule has 2 heterocycles. The van der Waals surface area contributed by atoms with Crippen molar-refractivity contribution in [2.45, 2.75) is 91.4 Å². The predicted molar refractivity (Wildman–Crippen MR) is 154 cm³/mol. The van der Waals surface area contributed by atoms with Crippen LogP contribution in [0.3, 0.4) is 0 Å². The first-order valence-corrected chi connectivity index (χ1v) is 16.1. The first-order valence-electron chi connectivity index (χ1n) is 14.5. The van der Waals surface area contributed by atoms with Gasteiger partial charge >= 0.3 is 0 Å². The van der Waals surface area contributed by atoms with Crippen LogP contribution >= 0.6 is 22.9 Å². The highest BCUT2D eigenvalue weighted by Gasteiger charge is 2.51. The topological polar surface area (TPSA) is 25.8 Å². The van der Waals surface area contributed by atoms with Crippen LogP contribution in [-0.4, -0.2) is 9.36 Å². The van der Waals surface area contributed by atoms with Gasteiger partial charge in [-0.1, -0.05) is 72.3 Å². The molecule has 2 saturated carbocycles. The van der Waals surface area contributed by atoms with Crippen molar-refractivity contribution in [1.82, 2.24) is 9.36 Å². The van der Waals surface area contributed by atoms with E-state index >= 15 is 0 Å². The van der Waals surface area contributed by atoms with E-state index in [4.69, 9.17) is 9.36 Å². The zero-order valence-corrected chi connectivity index (χ0v) is 24.8. The van der Waals surface area contributed by atoms with E-state index in [1.165, 1.54) is 30.0 Å². The van der Waals surface area contributed by atoms with Crippen LogP contribution in [0.15, 0.2) is 36.1 Å². The molecule has 2 aromatic rings. The fourth-order valence-corrected chi connectivity index (χ4v) is 10.9. The number of thiazole rings is 1. The number of nitrogens with zero attached hydrogens (tertiary/aromatic N) is 2. The lowest BCUT2D eigenvalue weighted by atomic mass is 9.72. The van der Waals surface area contributed by atoms with Crippen LogP contribution in [0.25, 0.3) is 0 Å². The lowest BCUT2D eigenvalue weighted by Gasteiger charge is -2.33. The number of allylic oxidation sites excluding steroid dienone is 4. The van der Waals surface area contributed by atoms with Crippen molar-refractivity contribution in [1.29, 1.82) is 0 Å². The highest BCUT2D eigenvalue weighted by molar-refractivity contribution is 7.11. The molecule has 2 aromatic heterocycles. The van der Waals surface area contributed by atoms with Crippen LogP contribution < -0.4 is 0 Å². The number of fused-ring (bicyclic) bond motifs is 4. The molecule has 0 N–H and O–H groups in total. The molecule has 2 nitrogen and oxygen atoms in total. The molecule has 4 heteroatoms. The summed E-state index contributed by atoms with van der Waals surface area (Å²) >= 11 is 3.82. The van der Waals surface area contributed by atoms with Crippen LogP contribution in [0.4, 0.5) is 0 Å². The van der Waals surface area contributed by atoms with Crippen molar-refractivity contribution in [2.24, 2.45) is 47.3 Å². The summed E-state index contributed by atoms with van der Waals surface area (Å²) in [5.74, 6) is 8.36. The zero-order valence-electron chi connectivity index (χ0n) is 23.1. The predicted octanol–water partition coefficient (Wildman–Crippen LogP) is 9.41. The fourth-order valence-electron chi connectivity index (χ4n) is 8.63. The molecule has 194 valence electrons. The molecule has 9 atom stereocenters. The van der Waals surface area contributed by atoms with Crippen LogP contribution in [0, 0.1) is 47.3 Å². The Kier molecular flexibility index (Phi) is 6.60. The monoisotopic (exact) mass is 520 g/mol. The number of aromatic nitrogens is 2. The van der Waals surface area contributed by atoms with E-state index in [-0.39, 0.29) is 0 Å². The quantitative estimate of drug-likeness (QED) is 0.324. The molecular formula is C32H44N2S2. The number of rotatable bonds is 8. The summed E-state index contributed by atoms with van der Waals surface area (Å²) in [6.07, 6.45) is 13.8. The summed E-state index contributed by atoms with van der Waals surface area (Å²) in [5.41, 5.74) is 3.00. The molecule has 4 aliphatic carbocycles. The molecule has 6 rings (SSSR count). The molecule has 2 fully saturated rings. The van der Waals surface area contributed by atoms with Gasteiger partial charge in [-0.25, -0.2) is 4.98 Å². The Morgan fingerprint density at radius 2 is 1.58 bits per heavy atom. The minimum atomic E-state index is 0.506. The first-order chi connectivity index (χ1) is 17.2. The largest absolute Gasteiger partial charge is 0.249 e. The molecule has 0 spiro atoms. The Bertz CT molecular complexity index is 1150. The van der Waals surface area contributed by atoms with E-state index in [1.807, 2.05) is 11.3 Å². The van der Waals surface area contributed by atoms with Gasteiger partial charge in [0.15, 0.2) is 0 Å². The maximum Gasteiger partial charge on any atom is 0.0959 e. The summed E-state index contributed by atoms with van der Waals surface area (Å²) in [7, 11) is 0. The number of hydrogen-bond donors (Lipinski definition) is 0. The Balaban J connectivity index is 1.20. The molecule has 0 aliphatic heterocycles. The molecule has 0 aromatic carbocycles. The van der Waals surface area contributed by atoms with Gasteiger partial charge in [0.2, 0.25) is 0 Å². The molecule has 4 bridgehead atoms. The summed E-state index contributed by atoms with van der Waals surface area (Å²) < 4.78 is 4.86. The molecule has 0 amide bonds. The third-order valence-corrected chi connectivity index (χ3v) is 12.4. The Morgan fingerprint density at radius 3 is 2.28 bits per heavy atom. The van der Waals surface area contributed by atoms with Gasteiger partial charge in [-0.3, -0.25) is 0 Å². The second-order valence-corrected chi connectivity index (χ2v) is 15.3. The minimum absolute atomic E-state index is 0.506. The van der Waals surface area contributed by atoms with E-state index in [2.05, 4.69) is 79.0 Å². The molecule has 4 aliphatic rings. The van der Waals surface area contributed by atoms with Crippen molar-refractivity contribution in [3.8, 4) is 0 Å². The smallest absolute Gasteiger partial charge is 0.0959 e. The van der Waals surface area contributed by atoms with Crippen molar-refractivity contribution in [3.05, 3.63) is 56.5 Å². The Labute approximate surface area is 226 Å². The minimum Gasteiger partial charge on any atom is -0.249 e. The SMILES string of the molecule is CC(C)c1cc(C2C3CC(C=C3CC(C)c3ncc(C4C5C=CC(C5)C4C(C)C)s3)C2C(C)C)sn1. The van der Waals surface area contributed by atoms with Crippen molar-refractivity contribution in [2.75, 3.05) is 0 Å². The average molecular weight is 521 g/mol. The third kappa shape index (κ3) is 4.10. The van der Waals surface area contributed by atoms with Crippen molar-refractivity contribution < 1.29 is 0 Å². The molecular weight excluding hydrogens is 477 g/mol. The summed E-state index contributed by atoms with van der Waals surface area (Å²) in [6.45, 7) is 16.7. The highest BCUT2D eigenvalue weighted by atomic mass is 32.1. The lowest BCUT2D eigenvalue weighted by molar-refractivity contribution is 0.289. The molecule has 0 radical (unpaired) electrons. The van der Waals surface area contributed by atoms with Gasteiger partial charge in [0.05, 0.1) is 10.7 Å². The van der Waals surface area contributed by atoms with Gasteiger partial charge in [-0.2, -0.15) is 4.37 Å². The molecule has 36 heavy (non-hydrogen) atoms. The first kappa shape index (κ1) is 25.0. The van der Waals surface area contributed by atoms with Crippen LogP contribution in [-0.2, 0) is 0 Å². The normalized spacial score (nSPS) is 35.7. The highest BCUT2D eigenvalue weighted by Crippen LogP contribution is 2.61. The number of hydrogen-bond acceptors (Lipinski definition) is 4. The van der Waals surface area contributed by atoms with Gasteiger partial charge in [-0.05, 0) is 90.1 Å². The van der Waals surface area contributed by atoms with E-state index < -0.39 is 0 Å². The van der Waals surface area contributed by atoms with Gasteiger partial charge < -0.3 is 0 Å². The van der Waals surface area contributed by atoms with E-state index in [0.717, 1.165) is 41.4 Å². The van der Waals surface area contributed by atoms with Gasteiger partial charge in [0.1, 0.15) is 0 Å². The van der Waals surface area contributed by atoms with Gasteiger partial charge in [0.25, 0.3) is 0 Å². The van der Waals surface area contributed by atoms with Gasteiger partial charge in [-0.15, -0.1) is 11.3 Å². The third-order valence-electron chi connectivity index (χ3n) is 10.1. The van der Waals surface area contributed by atoms with Crippen LogP contribution in [0.2, 0.25) is 0 Å². The maximum atomic E-state index is 5.04. The molecule has 9 unspecified atom stereocenters. The fraction of sp³-hybridized carbons (Fsp3) is 0.688. The van der Waals surface area contributed by atoms with Crippen LogP contribution in [0.5, 0.6) is 0 Å². The van der Waals surface area contributed by atoms with E-state index in [1.54, 1.807) is 26.9 Å². The van der Waals surface area contributed by atoms with Crippen molar-refractivity contribution >= 4 is 22.9 Å². The zero-order chi connectivity index (χ0) is 25.3. The summed E-state index contributed by atoms with van der Waals surface area (Å²) in [6, 6.07) is 2.44. The van der Waals surface area contributed by atoms with E-state index in [9.17, 15) is 0 Å². The summed E-state index contributed by atoms with van der Waals surface area (Å²) in [5, 5.41) is 1.36. The van der Waals surface area contributed by atoms with E-state index in [0.29, 0.717) is 29.6 Å². The second kappa shape index (κ2) is 9.49. The van der Waals surface area contributed by atoms with Crippen molar-refractivity contribution in [3.63, 3.8) is 0 Å². The molecule has 0 saturated heterocycles. The standard InChI is InChI=1S/C32H44N2S2/c1-16(2)25-14-26(36-34-25)31-24-13-23(29(31)18(5)6)12-22(24)10-19(7)32-33-15-27(35-32)30-21-9-8-20(11-21)28(30)17(3)4/h8-9,12,14-21,23-24,28-31H,10-11,13H2,1-7H3. The Hall–Kier alpha value is -1.26. The summed E-state index contributed by atoms with van der Waals surface area (Å²) in [4.78, 5) is 8.14. The van der Waals surface area contributed by atoms with Crippen LogP contribution in [0.1, 0.15) is 112 Å². The second-order valence-electron chi connectivity index (χ2n) is 13.4. The average Bonchev–Trinajstić information content (AvgIpc) is 3.65. The Morgan fingerprint density at radius 1 is 0.861 bits per heavy atom. The maximum absolute atomic E-state index is 5.04.